The average Bonchev–Trinajstić information content (AvgIpc) is 3.35. The largest absolute Gasteiger partial charge is 0.388 e. The molecule has 0 bridgehead atoms. The molecule has 5 rings (SSSR count). The number of nitrogens with one attached hydrogen (secondary N) is 1. The normalized spacial score (nSPS) is 24.0. The van der Waals surface area contributed by atoms with Gasteiger partial charge in [0.15, 0.2) is 0 Å². The third-order valence-corrected chi connectivity index (χ3v) is 7.75. The summed E-state index contributed by atoms with van der Waals surface area (Å²) in [6.45, 7) is 0. The molecule has 3 aromatic rings. The monoisotopic (exact) mass is 513 g/mol. The molecule has 0 saturated carbocycles. The number of hydrogen-bond acceptors (Lipinski definition) is 9. The Morgan fingerprint density at radius 1 is 0.971 bits per heavy atom. The average molecular weight is 514 g/mol. The minimum absolute atomic E-state index is 0.108. The number of aromatic nitrogens is 3. The van der Waals surface area contributed by atoms with Gasteiger partial charge in [-0.2, -0.15) is 26.7 Å². The van der Waals surface area contributed by atoms with E-state index in [0.717, 1.165) is 24.2 Å². The van der Waals surface area contributed by atoms with E-state index in [1.54, 1.807) is 11.8 Å². The van der Waals surface area contributed by atoms with Crippen molar-refractivity contribution in [3.63, 3.8) is 0 Å². The molecule has 2 aromatic carbocycles. The highest BCUT2D eigenvalue weighted by Gasteiger charge is 2.42. The van der Waals surface area contributed by atoms with Gasteiger partial charge in [0, 0.05) is 29.0 Å². The van der Waals surface area contributed by atoms with Gasteiger partial charge in [0.1, 0.15) is 18.0 Å². The molecule has 0 spiro atoms. The maximum absolute atomic E-state index is 10.6. The molecule has 1 saturated heterocycles. The molecular weight excluding hydrogens is 486 g/mol. The summed E-state index contributed by atoms with van der Waals surface area (Å²) in [6, 6.07) is 16.2. The summed E-state index contributed by atoms with van der Waals surface area (Å²) >= 11 is 7.56. The van der Waals surface area contributed by atoms with Gasteiger partial charge in [-0.05, 0) is 41.7 Å². The van der Waals surface area contributed by atoms with Crippen LogP contribution in [0.4, 0.5) is 11.9 Å². The van der Waals surface area contributed by atoms with Gasteiger partial charge in [-0.25, -0.2) is 0 Å². The van der Waals surface area contributed by atoms with E-state index in [2.05, 4.69) is 32.4 Å². The summed E-state index contributed by atoms with van der Waals surface area (Å²) in [6.07, 6.45) is -1.12. The number of ether oxygens (including phenoxy) is 1. The number of nitrogens with two attached hydrogens (primary N) is 1. The van der Waals surface area contributed by atoms with Gasteiger partial charge in [-0.15, -0.1) is 0 Å². The predicted molar refractivity (Wildman–Crippen MR) is 137 cm³/mol. The van der Waals surface area contributed by atoms with Crippen LogP contribution in [-0.4, -0.2) is 61.4 Å². The summed E-state index contributed by atoms with van der Waals surface area (Å²) in [5.41, 5.74) is 9.73. The SMILES string of the molecule is Nc1nc(CC2O[C@H](CSCc3ccc(Cl)cc3)[C@@H](O)[C@H]2O)nc(NC2Cc3ccccc3C2)n1. The number of aliphatic hydroxyl groups excluding tert-OH is 2. The zero-order chi connectivity index (χ0) is 24.4. The molecule has 2 aliphatic rings. The Morgan fingerprint density at radius 3 is 2.37 bits per heavy atom. The second kappa shape index (κ2) is 10.7. The summed E-state index contributed by atoms with van der Waals surface area (Å²) < 4.78 is 6.00. The first-order chi connectivity index (χ1) is 16.9. The molecule has 1 fully saturated rings. The smallest absolute Gasteiger partial charge is 0.227 e. The summed E-state index contributed by atoms with van der Waals surface area (Å²) in [5, 5.41) is 25.2. The number of aliphatic hydroxyl groups is 2. The Labute approximate surface area is 213 Å². The maximum atomic E-state index is 10.6. The van der Waals surface area contributed by atoms with Crippen LogP contribution < -0.4 is 11.1 Å². The molecule has 8 nitrogen and oxygen atoms in total. The van der Waals surface area contributed by atoms with Crippen molar-refractivity contribution in [3.8, 4) is 0 Å². The van der Waals surface area contributed by atoms with Crippen LogP contribution in [0.15, 0.2) is 48.5 Å². The van der Waals surface area contributed by atoms with Crippen molar-refractivity contribution < 1.29 is 14.9 Å². The minimum Gasteiger partial charge on any atom is -0.388 e. The maximum Gasteiger partial charge on any atom is 0.227 e. The fourth-order valence-corrected chi connectivity index (χ4v) is 5.80. The van der Waals surface area contributed by atoms with E-state index < -0.39 is 24.4 Å². The number of thioether (sulfide) groups is 1. The number of hydrogen-bond donors (Lipinski definition) is 4. The standard InChI is InChI=1S/C25H28ClN5O3S/c26-17-7-5-14(6-8-17)12-35-13-20-23(33)22(32)19(34-20)11-21-29-24(27)31-25(30-21)28-18-9-15-3-1-2-4-16(15)10-18/h1-8,18-20,22-23,32-33H,9-13H2,(H3,27,28,29,30,31)/t19?,20-,22+,23-/m1/s1. The van der Waals surface area contributed by atoms with E-state index in [-0.39, 0.29) is 18.4 Å². The van der Waals surface area contributed by atoms with Gasteiger partial charge >= 0.3 is 0 Å². The van der Waals surface area contributed by atoms with Crippen LogP contribution in [0.3, 0.4) is 0 Å². The number of anilines is 2. The Balaban J connectivity index is 1.17. The summed E-state index contributed by atoms with van der Waals surface area (Å²) in [7, 11) is 0. The van der Waals surface area contributed by atoms with E-state index in [0.29, 0.717) is 22.5 Å². The first-order valence-corrected chi connectivity index (χ1v) is 13.2. The quantitative estimate of drug-likeness (QED) is 0.359. The van der Waals surface area contributed by atoms with E-state index >= 15 is 0 Å². The molecule has 1 unspecified atom stereocenters. The lowest BCUT2D eigenvalue weighted by Crippen LogP contribution is -2.34. The molecule has 4 atom stereocenters. The van der Waals surface area contributed by atoms with Gasteiger partial charge < -0.3 is 26.0 Å². The van der Waals surface area contributed by atoms with Crippen molar-refractivity contribution in [1.29, 1.82) is 0 Å². The molecule has 1 aromatic heterocycles. The van der Waals surface area contributed by atoms with Crippen LogP contribution in [-0.2, 0) is 29.8 Å². The number of benzene rings is 2. The highest BCUT2D eigenvalue weighted by atomic mass is 35.5. The lowest BCUT2D eigenvalue weighted by molar-refractivity contribution is 0.0171. The van der Waals surface area contributed by atoms with Crippen LogP contribution in [0.5, 0.6) is 0 Å². The molecule has 10 heteroatoms. The number of nitrogen functional groups attached to an aromatic ring is 1. The van der Waals surface area contributed by atoms with Gasteiger partial charge in [0.25, 0.3) is 0 Å². The fourth-order valence-electron chi connectivity index (χ4n) is 4.62. The molecule has 184 valence electrons. The molecule has 35 heavy (non-hydrogen) atoms. The van der Waals surface area contributed by atoms with Crippen molar-refractivity contribution in [2.75, 3.05) is 16.8 Å². The van der Waals surface area contributed by atoms with Gasteiger partial charge in [0.2, 0.25) is 11.9 Å². The first-order valence-electron chi connectivity index (χ1n) is 11.6. The highest BCUT2D eigenvalue weighted by molar-refractivity contribution is 7.98. The molecular formula is C25H28ClN5O3S. The predicted octanol–water partition coefficient (Wildman–Crippen LogP) is 2.65. The molecule has 0 radical (unpaired) electrons. The third-order valence-electron chi connectivity index (χ3n) is 6.39. The van der Waals surface area contributed by atoms with Gasteiger partial charge in [-0.1, -0.05) is 48.0 Å². The Kier molecular flexibility index (Phi) is 7.40. The van der Waals surface area contributed by atoms with Crippen molar-refractivity contribution in [2.24, 2.45) is 0 Å². The van der Waals surface area contributed by atoms with Crippen LogP contribution in [0.1, 0.15) is 22.5 Å². The molecule has 0 amide bonds. The lowest BCUT2D eigenvalue weighted by Gasteiger charge is -2.16. The minimum atomic E-state index is -1.03. The number of nitrogens with zero attached hydrogens (tertiary/aromatic N) is 3. The molecule has 2 heterocycles. The van der Waals surface area contributed by atoms with E-state index in [1.807, 2.05) is 36.4 Å². The van der Waals surface area contributed by atoms with Crippen LogP contribution in [0.2, 0.25) is 5.02 Å². The van der Waals surface area contributed by atoms with E-state index in [9.17, 15) is 10.2 Å². The van der Waals surface area contributed by atoms with E-state index in [1.165, 1.54) is 11.1 Å². The second-order valence-corrected chi connectivity index (χ2v) is 10.5. The van der Waals surface area contributed by atoms with Gasteiger partial charge in [0.05, 0.1) is 12.2 Å². The Morgan fingerprint density at radius 2 is 1.66 bits per heavy atom. The third kappa shape index (κ3) is 5.87. The summed E-state index contributed by atoms with van der Waals surface area (Å²) in [5.74, 6) is 2.24. The fraction of sp³-hybridized carbons (Fsp3) is 0.400. The van der Waals surface area contributed by atoms with Gasteiger partial charge in [-0.3, -0.25) is 0 Å². The molecule has 5 N–H and O–H groups in total. The summed E-state index contributed by atoms with van der Waals surface area (Å²) in [4.78, 5) is 13.0. The van der Waals surface area contributed by atoms with Crippen molar-refractivity contribution in [2.45, 2.75) is 55.5 Å². The Bertz CT molecular complexity index is 1140. The number of rotatable bonds is 8. The second-order valence-electron chi connectivity index (χ2n) is 8.99. The van der Waals surface area contributed by atoms with Crippen molar-refractivity contribution >= 4 is 35.3 Å². The van der Waals surface area contributed by atoms with Crippen molar-refractivity contribution in [3.05, 3.63) is 76.1 Å². The lowest BCUT2D eigenvalue weighted by atomic mass is 10.1. The molecule has 1 aliphatic heterocycles. The number of halogens is 1. The number of fused-ring (bicyclic) bond motifs is 1. The molecule has 1 aliphatic carbocycles. The van der Waals surface area contributed by atoms with Crippen molar-refractivity contribution in [1.82, 2.24) is 15.0 Å². The zero-order valence-electron chi connectivity index (χ0n) is 19.0. The van der Waals surface area contributed by atoms with Crippen LogP contribution >= 0.6 is 23.4 Å². The van der Waals surface area contributed by atoms with E-state index in [4.69, 9.17) is 22.1 Å². The van der Waals surface area contributed by atoms with Crippen LogP contribution in [0, 0.1) is 0 Å². The topological polar surface area (TPSA) is 126 Å². The highest BCUT2D eigenvalue weighted by Crippen LogP contribution is 2.28. The van der Waals surface area contributed by atoms with Crippen LogP contribution in [0.25, 0.3) is 0 Å². The first kappa shape index (κ1) is 24.3. The zero-order valence-corrected chi connectivity index (χ0v) is 20.6. The Hall–Kier alpha value is -2.43.